The number of nitrogens with zero attached hydrogens (tertiary/aromatic N) is 2. The van der Waals surface area contributed by atoms with Crippen LogP contribution >= 0.6 is 11.3 Å². The predicted molar refractivity (Wildman–Crippen MR) is 60.5 cm³/mol. The SMILES string of the molecule is Nc1nnc(OC[C@H]2COC3(CCC3)C2)s1. The van der Waals surface area contributed by atoms with Gasteiger partial charge in [-0.25, -0.2) is 0 Å². The zero-order chi connectivity index (χ0) is 11.0. The monoisotopic (exact) mass is 241 g/mol. The Balaban J connectivity index is 1.49. The Kier molecular flexibility index (Phi) is 2.48. The van der Waals surface area contributed by atoms with E-state index in [1.54, 1.807) is 0 Å². The van der Waals surface area contributed by atoms with Gasteiger partial charge in [-0.1, -0.05) is 5.10 Å². The van der Waals surface area contributed by atoms with E-state index in [4.69, 9.17) is 15.2 Å². The summed E-state index contributed by atoms with van der Waals surface area (Å²) in [5.41, 5.74) is 5.68. The van der Waals surface area contributed by atoms with Crippen molar-refractivity contribution < 1.29 is 9.47 Å². The summed E-state index contributed by atoms with van der Waals surface area (Å²) in [6.45, 7) is 1.48. The molecule has 2 heterocycles. The zero-order valence-corrected chi connectivity index (χ0v) is 9.83. The van der Waals surface area contributed by atoms with E-state index in [0.717, 1.165) is 13.0 Å². The van der Waals surface area contributed by atoms with Crippen molar-refractivity contribution in [2.45, 2.75) is 31.3 Å². The minimum Gasteiger partial charge on any atom is -0.469 e. The maximum atomic E-state index is 5.85. The van der Waals surface area contributed by atoms with Crippen molar-refractivity contribution in [1.82, 2.24) is 10.2 Å². The van der Waals surface area contributed by atoms with E-state index in [2.05, 4.69) is 10.2 Å². The largest absolute Gasteiger partial charge is 0.469 e. The Morgan fingerprint density at radius 1 is 1.50 bits per heavy atom. The van der Waals surface area contributed by atoms with Gasteiger partial charge < -0.3 is 15.2 Å². The van der Waals surface area contributed by atoms with Crippen molar-refractivity contribution in [3.05, 3.63) is 0 Å². The topological polar surface area (TPSA) is 70.3 Å². The first kappa shape index (κ1) is 10.3. The lowest BCUT2D eigenvalue weighted by molar-refractivity contribution is -0.0565. The van der Waals surface area contributed by atoms with Crippen LogP contribution in [0.3, 0.4) is 0 Å². The molecule has 2 N–H and O–H groups in total. The Morgan fingerprint density at radius 2 is 2.38 bits per heavy atom. The molecule has 0 amide bonds. The molecular weight excluding hydrogens is 226 g/mol. The van der Waals surface area contributed by atoms with Crippen LogP contribution in [0.1, 0.15) is 25.7 Å². The Morgan fingerprint density at radius 3 is 2.94 bits per heavy atom. The van der Waals surface area contributed by atoms with E-state index in [0.29, 0.717) is 22.9 Å². The highest BCUT2D eigenvalue weighted by Gasteiger charge is 2.45. The summed E-state index contributed by atoms with van der Waals surface area (Å²) in [4.78, 5) is 0. The summed E-state index contributed by atoms with van der Waals surface area (Å²) in [7, 11) is 0. The van der Waals surface area contributed by atoms with Gasteiger partial charge in [0, 0.05) is 5.92 Å². The highest BCUT2D eigenvalue weighted by atomic mass is 32.1. The number of aromatic nitrogens is 2. The second-order valence-corrected chi connectivity index (χ2v) is 5.61. The molecule has 2 aliphatic rings. The molecule has 0 radical (unpaired) electrons. The normalized spacial score (nSPS) is 26.9. The first-order chi connectivity index (χ1) is 7.76. The molecule has 3 rings (SSSR count). The van der Waals surface area contributed by atoms with Crippen molar-refractivity contribution in [3.8, 4) is 5.19 Å². The van der Waals surface area contributed by atoms with E-state index in [9.17, 15) is 0 Å². The lowest BCUT2D eigenvalue weighted by Crippen LogP contribution is -2.36. The van der Waals surface area contributed by atoms with Crippen molar-refractivity contribution in [2.24, 2.45) is 5.92 Å². The molecule has 1 aliphatic carbocycles. The van der Waals surface area contributed by atoms with Crippen LogP contribution in [0, 0.1) is 5.92 Å². The summed E-state index contributed by atoms with van der Waals surface area (Å²) in [5, 5.41) is 8.55. The van der Waals surface area contributed by atoms with Gasteiger partial charge in [0.25, 0.3) is 5.19 Å². The molecule has 0 aromatic carbocycles. The molecule has 5 nitrogen and oxygen atoms in total. The van der Waals surface area contributed by atoms with Gasteiger partial charge in [-0.05, 0) is 37.0 Å². The van der Waals surface area contributed by atoms with Crippen LogP contribution in [0.15, 0.2) is 0 Å². The number of nitrogen functional groups attached to an aromatic ring is 1. The van der Waals surface area contributed by atoms with Gasteiger partial charge >= 0.3 is 0 Å². The molecule has 88 valence electrons. The second kappa shape index (κ2) is 3.85. The van der Waals surface area contributed by atoms with Crippen LogP contribution < -0.4 is 10.5 Å². The van der Waals surface area contributed by atoms with Crippen LogP contribution in [-0.4, -0.2) is 29.0 Å². The summed E-state index contributed by atoms with van der Waals surface area (Å²) < 4.78 is 11.4. The minimum absolute atomic E-state index is 0.203. The summed E-state index contributed by atoms with van der Waals surface area (Å²) in [5.74, 6) is 0.491. The van der Waals surface area contributed by atoms with Crippen LogP contribution in [0.25, 0.3) is 0 Å². The first-order valence-electron chi connectivity index (χ1n) is 5.62. The third-order valence-electron chi connectivity index (χ3n) is 3.42. The first-order valence-corrected chi connectivity index (χ1v) is 6.43. The van der Waals surface area contributed by atoms with Gasteiger partial charge in [0.05, 0.1) is 18.8 Å². The van der Waals surface area contributed by atoms with E-state index in [-0.39, 0.29) is 5.60 Å². The number of nitrogens with two attached hydrogens (primary N) is 1. The number of ether oxygens (including phenoxy) is 2. The Bertz CT molecular complexity index is 378. The van der Waals surface area contributed by atoms with Crippen LogP contribution in [0.2, 0.25) is 0 Å². The van der Waals surface area contributed by atoms with E-state index >= 15 is 0 Å². The third-order valence-corrected chi connectivity index (χ3v) is 4.08. The average Bonchev–Trinajstić information content (AvgIpc) is 2.80. The third kappa shape index (κ3) is 1.87. The minimum atomic E-state index is 0.203. The molecule has 1 spiro atoms. The highest BCUT2D eigenvalue weighted by Crippen LogP contribution is 2.45. The molecule has 2 fully saturated rings. The number of rotatable bonds is 3. The van der Waals surface area contributed by atoms with Gasteiger partial charge in [-0.3, -0.25) is 0 Å². The van der Waals surface area contributed by atoms with Gasteiger partial charge in [0.1, 0.15) is 0 Å². The van der Waals surface area contributed by atoms with Gasteiger partial charge in [0.2, 0.25) is 5.13 Å². The van der Waals surface area contributed by atoms with Gasteiger partial charge in [-0.15, -0.1) is 5.10 Å². The maximum Gasteiger partial charge on any atom is 0.295 e. The van der Waals surface area contributed by atoms with Crippen LogP contribution in [0.4, 0.5) is 5.13 Å². The Labute approximate surface area is 98.0 Å². The summed E-state index contributed by atoms with van der Waals surface area (Å²) >= 11 is 1.28. The second-order valence-electron chi connectivity index (χ2n) is 4.63. The van der Waals surface area contributed by atoms with Crippen molar-refractivity contribution in [1.29, 1.82) is 0 Å². The maximum absolute atomic E-state index is 5.85. The van der Waals surface area contributed by atoms with Gasteiger partial charge in [0.15, 0.2) is 0 Å². The van der Waals surface area contributed by atoms with E-state index in [1.165, 1.54) is 30.6 Å². The number of hydrogen-bond donors (Lipinski definition) is 1. The number of anilines is 1. The fourth-order valence-electron chi connectivity index (χ4n) is 2.43. The lowest BCUT2D eigenvalue weighted by Gasteiger charge is -2.37. The quantitative estimate of drug-likeness (QED) is 0.867. The van der Waals surface area contributed by atoms with Crippen molar-refractivity contribution in [3.63, 3.8) is 0 Å². The number of hydrogen-bond acceptors (Lipinski definition) is 6. The standard InChI is InChI=1S/C10H15N3O2S/c11-8-12-13-9(16-8)14-5-7-4-10(15-6-7)2-1-3-10/h7H,1-6H2,(H2,11,12)/t7-/m0/s1. The predicted octanol–water partition coefficient (Wildman–Crippen LogP) is 1.46. The molecule has 1 atom stereocenters. The summed E-state index contributed by atoms with van der Waals surface area (Å²) in [6.07, 6.45) is 4.87. The molecule has 6 heteroatoms. The molecule has 1 saturated carbocycles. The van der Waals surface area contributed by atoms with Crippen LogP contribution in [0.5, 0.6) is 5.19 Å². The molecule has 0 unspecified atom stereocenters. The molecule has 16 heavy (non-hydrogen) atoms. The average molecular weight is 241 g/mol. The van der Waals surface area contributed by atoms with Crippen molar-refractivity contribution >= 4 is 16.5 Å². The van der Waals surface area contributed by atoms with Gasteiger partial charge in [-0.2, -0.15) is 0 Å². The van der Waals surface area contributed by atoms with E-state index in [1.807, 2.05) is 0 Å². The summed E-state index contributed by atoms with van der Waals surface area (Å²) in [6, 6.07) is 0. The molecule has 1 aliphatic heterocycles. The zero-order valence-electron chi connectivity index (χ0n) is 9.02. The van der Waals surface area contributed by atoms with E-state index < -0.39 is 0 Å². The molecule has 0 bridgehead atoms. The Hall–Kier alpha value is -0.880. The van der Waals surface area contributed by atoms with Crippen molar-refractivity contribution in [2.75, 3.05) is 18.9 Å². The molecule has 1 aromatic heterocycles. The molecule has 1 saturated heterocycles. The highest BCUT2D eigenvalue weighted by molar-refractivity contribution is 7.16. The fraction of sp³-hybridized carbons (Fsp3) is 0.800. The smallest absolute Gasteiger partial charge is 0.295 e. The van der Waals surface area contributed by atoms with Crippen LogP contribution in [-0.2, 0) is 4.74 Å². The molecular formula is C10H15N3O2S. The lowest BCUT2D eigenvalue weighted by atomic mass is 9.76. The fourth-order valence-corrected chi connectivity index (χ4v) is 2.90. The molecule has 1 aromatic rings.